The third-order valence-corrected chi connectivity index (χ3v) is 5.55. The fourth-order valence-corrected chi connectivity index (χ4v) is 4.19. The van der Waals surface area contributed by atoms with Crippen molar-refractivity contribution in [3.63, 3.8) is 0 Å². The first kappa shape index (κ1) is 17.9. The number of pyridine rings is 1. The average Bonchev–Trinajstić information content (AvgIpc) is 3.11. The first-order valence-corrected chi connectivity index (χ1v) is 9.44. The number of nitrogens with two attached hydrogens (primary N) is 1. The van der Waals surface area contributed by atoms with Crippen LogP contribution in [0, 0.1) is 11.3 Å². The van der Waals surface area contributed by atoms with E-state index in [1.807, 2.05) is 25.1 Å². The molecule has 1 aromatic carbocycles. The zero-order valence-corrected chi connectivity index (χ0v) is 16.0. The quantitative estimate of drug-likeness (QED) is 0.620. The summed E-state index contributed by atoms with van der Waals surface area (Å²) in [5, 5.41) is 13.3. The highest BCUT2D eigenvalue weighted by molar-refractivity contribution is 7.22. The third kappa shape index (κ3) is 2.66. The van der Waals surface area contributed by atoms with Crippen molar-refractivity contribution in [3.8, 4) is 17.6 Å². The van der Waals surface area contributed by atoms with Crippen molar-refractivity contribution in [2.24, 2.45) is 5.73 Å². The van der Waals surface area contributed by atoms with Crippen LogP contribution in [0.1, 0.15) is 24.0 Å². The van der Waals surface area contributed by atoms with Gasteiger partial charge in [-0.05, 0) is 13.0 Å². The van der Waals surface area contributed by atoms with Gasteiger partial charge in [0.2, 0.25) is 5.88 Å². The normalized spacial score (nSPS) is 15.7. The highest BCUT2D eigenvalue weighted by Crippen LogP contribution is 2.46. The summed E-state index contributed by atoms with van der Waals surface area (Å²) in [4.78, 5) is 20.1. The van der Waals surface area contributed by atoms with Crippen molar-refractivity contribution in [2.45, 2.75) is 12.8 Å². The van der Waals surface area contributed by atoms with Crippen LogP contribution in [0.4, 0.5) is 5.13 Å². The van der Waals surface area contributed by atoms with Crippen LogP contribution in [0.25, 0.3) is 10.3 Å². The van der Waals surface area contributed by atoms with E-state index in [1.165, 1.54) is 11.3 Å². The predicted molar refractivity (Wildman–Crippen MR) is 107 cm³/mol. The average molecular weight is 395 g/mol. The Kier molecular flexibility index (Phi) is 4.41. The Morgan fingerprint density at radius 1 is 1.46 bits per heavy atom. The van der Waals surface area contributed by atoms with E-state index in [1.54, 1.807) is 13.1 Å². The summed E-state index contributed by atoms with van der Waals surface area (Å²) in [6.45, 7) is 2.32. The van der Waals surface area contributed by atoms with Gasteiger partial charge < -0.3 is 25.5 Å². The van der Waals surface area contributed by atoms with Crippen LogP contribution in [-0.4, -0.2) is 23.6 Å². The molecule has 1 unspecified atom stereocenters. The maximum atomic E-state index is 13.0. The zero-order valence-electron chi connectivity index (χ0n) is 15.2. The van der Waals surface area contributed by atoms with Crippen molar-refractivity contribution in [2.75, 3.05) is 19.0 Å². The molecule has 0 amide bonds. The number of aromatic amines is 1. The molecule has 0 radical (unpaired) electrons. The van der Waals surface area contributed by atoms with Crippen LogP contribution >= 0.6 is 11.3 Å². The van der Waals surface area contributed by atoms with Gasteiger partial charge in [0.05, 0.1) is 18.1 Å². The van der Waals surface area contributed by atoms with Crippen molar-refractivity contribution >= 4 is 26.8 Å². The lowest BCUT2D eigenvalue weighted by Crippen LogP contribution is -2.28. The summed E-state index contributed by atoms with van der Waals surface area (Å²) >= 11 is 1.33. The smallest absolute Gasteiger partial charge is 0.257 e. The standard InChI is InChI=1S/C19H17N5O3S/c1-3-26-11-7-5-4-6-9(11)12-10(8-20)16(21)27-14-13(12)18(25)23-17-15(14)28-19(22-2)24-17/h4-7,12H,3,21H2,1-2H3,(H2,22,23,24,25). The minimum Gasteiger partial charge on any atom is -0.494 e. The Hall–Kier alpha value is -3.51. The molecule has 4 N–H and O–H groups in total. The van der Waals surface area contributed by atoms with E-state index in [9.17, 15) is 10.1 Å². The van der Waals surface area contributed by atoms with Gasteiger partial charge in [-0.3, -0.25) is 4.79 Å². The molecule has 1 atom stereocenters. The minimum atomic E-state index is -0.704. The number of benzene rings is 1. The summed E-state index contributed by atoms with van der Waals surface area (Å²) in [7, 11) is 1.74. The van der Waals surface area contributed by atoms with E-state index in [0.717, 1.165) is 0 Å². The van der Waals surface area contributed by atoms with Gasteiger partial charge in [0.1, 0.15) is 22.1 Å². The molecule has 0 bridgehead atoms. The fourth-order valence-electron chi connectivity index (χ4n) is 3.32. The molecule has 8 nitrogen and oxygen atoms in total. The molecule has 0 saturated heterocycles. The number of thiazole rings is 1. The van der Waals surface area contributed by atoms with Crippen molar-refractivity contribution in [1.29, 1.82) is 5.26 Å². The molecular weight excluding hydrogens is 378 g/mol. The van der Waals surface area contributed by atoms with Crippen molar-refractivity contribution < 1.29 is 9.47 Å². The summed E-state index contributed by atoms with van der Waals surface area (Å²) in [5.74, 6) is 0.177. The van der Waals surface area contributed by atoms with Gasteiger partial charge in [-0.2, -0.15) is 5.26 Å². The lowest BCUT2D eigenvalue weighted by atomic mass is 9.83. The molecule has 3 aromatic rings. The largest absolute Gasteiger partial charge is 0.494 e. The second-order valence-electron chi connectivity index (χ2n) is 6.04. The number of nitrogens with one attached hydrogen (secondary N) is 2. The van der Waals surface area contributed by atoms with E-state index in [-0.39, 0.29) is 17.0 Å². The van der Waals surface area contributed by atoms with Gasteiger partial charge in [-0.25, -0.2) is 4.98 Å². The Bertz CT molecular complexity index is 1200. The maximum absolute atomic E-state index is 13.0. The molecule has 1 aliphatic heterocycles. The predicted octanol–water partition coefficient (Wildman–Crippen LogP) is 2.64. The molecule has 2 aromatic heterocycles. The number of aromatic nitrogens is 2. The van der Waals surface area contributed by atoms with E-state index in [0.29, 0.717) is 44.7 Å². The van der Waals surface area contributed by atoms with Gasteiger partial charge >= 0.3 is 0 Å². The van der Waals surface area contributed by atoms with Gasteiger partial charge in [-0.15, -0.1) is 0 Å². The lowest BCUT2D eigenvalue weighted by Gasteiger charge is -2.26. The number of para-hydroxylation sites is 1. The Labute approximate surface area is 164 Å². The first-order valence-electron chi connectivity index (χ1n) is 8.62. The second kappa shape index (κ2) is 6.90. The molecular formula is C19H17N5O3S. The summed E-state index contributed by atoms with van der Waals surface area (Å²) in [5.41, 5.74) is 7.27. The molecule has 3 heterocycles. The van der Waals surface area contributed by atoms with Gasteiger partial charge in [-0.1, -0.05) is 29.5 Å². The summed E-state index contributed by atoms with van der Waals surface area (Å²) in [6.07, 6.45) is 0. The number of fused-ring (bicyclic) bond motifs is 3. The van der Waals surface area contributed by atoms with Crippen LogP contribution in [0.2, 0.25) is 0 Å². The van der Waals surface area contributed by atoms with Gasteiger partial charge in [0, 0.05) is 12.6 Å². The highest BCUT2D eigenvalue weighted by atomic mass is 32.1. The van der Waals surface area contributed by atoms with E-state index < -0.39 is 5.92 Å². The molecule has 4 rings (SSSR count). The first-order chi connectivity index (χ1) is 13.6. The number of ether oxygens (including phenoxy) is 2. The molecule has 142 valence electrons. The fraction of sp³-hybridized carbons (Fsp3) is 0.211. The molecule has 9 heteroatoms. The Morgan fingerprint density at radius 2 is 2.25 bits per heavy atom. The number of nitrogens with zero attached hydrogens (tertiary/aromatic N) is 2. The molecule has 1 aliphatic rings. The number of rotatable bonds is 4. The van der Waals surface area contributed by atoms with Crippen LogP contribution in [-0.2, 0) is 0 Å². The van der Waals surface area contributed by atoms with Crippen LogP contribution < -0.4 is 26.1 Å². The maximum Gasteiger partial charge on any atom is 0.257 e. The van der Waals surface area contributed by atoms with E-state index >= 15 is 0 Å². The van der Waals surface area contributed by atoms with Crippen LogP contribution in [0.5, 0.6) is 11.5 Å². The molecule has 0 saturated carbocycles. The van der Waals surface area contributed by atoms with Crippen LogP contribution in [0.15, 0.2) is 40.5 Å². The number of hydrogen-bond donors (Lipinski definition) is 3. The number of allylic oxidation sites excluding steroid dienone is 1. The molecule has 0 fully saturated rings. The Balaban J connectivity index is 2.05. The summed E-state index contributed by atoms with van der Waals surface area (Å²) < 4.78 is 12.1. The second-order valence-corrected chi connectivity index (χ2v) is 7.04. The number of hydrogen-bond acceptors (Lipinski definition) is 8. The number of nitriles is 1. The molecule has 0 aliphatic carbocycles. The highest BCUT2D eigenvalue weighted by Gasteiger charge is 2.36. The number of H-pyrrole nitrogens is 1. The number of anilines is 1. The monoisotopic (exact) mass is 395 g/mol. The van der Waals surface area contributed by atoms with E-state index in [2.05, 4.69) is 21.4 Å². The SMILES string of the molecule is CCOc1ccccc1C1C(C#N)=C(N)Oc2c1c(=O)[nH]c1nc(NC)sc21. The third-order valence-electron chi connectivity index (χ3n) is 4.47. The topological polar surface area (TPSA) is 126 Å². The van der Waals surface area contributed by atoms with E-state index in [4.69, 9.17) is 15.2 Å². The van der Waals surface area contributed by atoms with Gasteiger partial charge in [0.25, 0.3) is 5.56 Å². The van der Waals surface area contributed by atoms with Crippen molar-refractivity contribution in [3.05, 3.63) is 57.2 Å². The minimum absolute atomic E-state index is 0.0300. The summed E-state index contributed by atoms with van der Waals surface area (Å²) in [6, 6.07) is 9.40. The van der Waals surface area contributed by atoms with Gasteiger partial charge in [0.15, 0.2) is 16.5 Å². The van der Waals surface area contributed by atoms with Crippen molar-refractivity contribution in [1.82, 2.24) is 9.97 Å². The Morgan fingerprint density at radius 3 is 2.96 bits per heavy atom. The molecule has 0 spiro atoms. The van der Waals surface area contributed by atoms with Crippen LogP contribution in [0.3, 0.4) is 0 Å². The lowest BCUT2D eigenvalue weighted by molar-refractivity contribution is 0.334. The zero-order chi connectivity index (χ0) is 19.8. The molecule has 28 heavy (non-hydrogen) atoms.